The first-order chi connectivity index (χ1) is 7.79. The summed E-state index contributed by atoms with van der Waals surface area (Å²) >= 11 is 0. The number of imidazole rings is 1. The molecule has 1 atom stereocenters. The molecule has 1 aromatic heterocycles. The molecule has 0 bridgehead atoms. The Morgan fingerprint density at radius 3 is 3.25 bits per heavy atom. The van der Waals surface area contributed by atoms with E-state index in [9.17, 15) is 4.79 Å². The van der Waals surface area contributed by atoms with E-state index in [1.165, 1.54) is 6.42 Å². The largest absolute Gasteiger partial charge is 0.335 e. The summed E-state index contributed by atoms with van der Waals surface area (Å²) in [6.07, 6.45) is 7.14. The van der Waals surface area contributed by atoms with Crippen LogP contribution in [0.4, 0.5) is 0 Å². The van der Waals surface area contributed by atoms with E-state index in [0.29, 0.717) is 24.7 Å². The number of aryl methyl sites for hydroxylation is 1. The van der Waals surface area contributed by atoms with Crippen molar-refractivity contribution in [3.63, 3.8) is 0 Å². The molecule has 0 aliphatic carbocycles. The highest BCUT2D eigenvalue weighted by Crippen LogP contribution is 2.10. The number of aromatic nitrogens is 2. The zero-order chi connectivity index (χ0) is 11.4. The molecular weight excluding hydrogens is 202 g/mol. The van der Waals surface area contributed by atoms with Gasteiger partial charge in [0.1, 0.15) is 11.6 Å². The van der Waals surface area contributed by atoms with Crippen LogP contribution in [0.2, 0.25) is 0 Å². The van der Waals surface area contributed by atoms with Gasteiger partial charge in [0.15, 0.2) is 0 Å². The predicted octanol–water partition coefficient (Wildman–Crippen LogP) is 1.16. The molecule has 1 aromatic rings. The molecule has 1 unspecified atom stereocenters. The Hall–Kier alpha value is -1.16. The molecule has 0 radical (unpaired) electrons. The second-order valence-corrected chi connectivity index (χ2v) is 4.34. The lowest BCUT2D eigenvalue weighted by molar-refractivity contribution is -0.119. The molecule has 1 saturated heterocycles. The van der Waals surface area contributed by atoms with Crippen LogP contribution in [0.1, 0.15) is 32.0 Å². The standard InChI is InChI=1S/C12H19N3O/c1-2-15-7-6-14-12(15)9-11(16)8-10-4-3-5-13-10/h6-7,10,13H,2-5,8-9H2,1H3. The number of carbonyl (C=O) groups excluding carboxylic acids is 1. The summed E-state index contributed by atoms with van der Waals surface area (Å²) in [4.78, 5) is 16.1. The van der Waals surface area contributed by atoms with E-state index in [-0.39, 0.29) is 0 Å². The third-order valence-electron chi connectivity index (χ3n) is 3.13. The van der Waals surface area contributed by atoms with E-state index in [1.807, 2.05) is 10.8 Å². The van der Waals surface area contributed by atoms with Crippen LogP contribution in [0.25, 0.3) is 0 Å². The van der Waals surface area contributed by atoms with Gasteiger partial charge in [0.25, 0.3) is 0 Å². The molecule has 4 heteroatoms. The number of hydrogen-bond acceptors (Lipinski definition) is 3. The Morgan fingerprint density at radius 1 is 1.69 bits per heavy atom. The topological polar surface area (TPSA) is 46.9 Å². The summed E-state index contributed by atoms with van der Waals surface area (Å²) in [5.41, 5.74) is 0. The third-order valence-corrected chi connectivity index (χ3v) is 3.13. The van der Waals surface area contributed by atoms with Crippen molar-refractivity contribution >= 4 is 5.78 Å². The molecule has 4 nitrogen and oxygen atoms in total. The molecule has 1 aliphatic rings. The van der Waals surface area contributed by atoms with E-state index in [0.717, 1.165) is 25.3 Å². The van der Waals surface area contributed by atoms with Crippen LogP contribution in [0.3, 0.4) is 0 Å². The summed E-state index contributed by atoms with van der Waals surface area (Å²) < 4.78 is 2.03. The minimum atomic E-state index is 0.292. The van der Waals surface area contributed by atoms with Crippen LogP contribution >= 0.6 is 0 Å². The first kappa shape index (κ1) is 11.3. The van der Waals surface area contributed by atoms with Gasteiger partial charge >= 0.3 is 0 Å². The summed E-state index contributed by atoms with van der Waals surface area (Å²) in [7, 11) is 0. The third kappa shape index (κ3) is 2.70. The molecule has 1 aliphatic heterocycles. The molecule has 2 heterocycles. The first-order valence-corrected chi connectivity index (χ1v) is 6.04. The van der Waals surface area contributed by atoms with Gasteiger partial charge in [0.2, 0.25) is 0 Å². The van der Waals surface area contributed by atoms with Crippen LogP contribution in [0.5, 0.6) is 0 Å². The first-order valence-electron chi connectivity index (χ1n) is 6.04. The minimum Gasteiger partial charge on any atom is -0.335 e. The highest BCUT2D eigenvalue weighted by Gasteiger charge is 2.18. The van der Waals surface area contributed by atoms with Crippen LogP contribution in [0.15, 0.2) is 12.4 Å². The van der Waals surface area contributed by atoms with E-state index < -0.39 is 0 Å². The van der Waals surface area contributed by atoms with Crippen molar-refractivity contribution in [1.29, 1.82) is 0 Å². The molecule has 0 amide bonds. The van der Waals surface area contributed by atoms with Gasteiger partial charge in [-0.2, -0.15) is 0 Å². The Bertz CT molecular complexity index is 353. The van der Waals surface area contributed by atoms with Gasteiger partial charge in [-0.1, -0.05) is 0 Å². The van der Waals surface area contributed by atoms with Gasteiger partial charge in [-0.3, -0.25) is 4.79 Å². The predicted molar refractivity (Wildman–Crippen MR) is 62.3 cm³/mol. The maximum absolute atomic E-state index is 11.8. The highest BCUT2D eigenvalue weighted by molar-refractivity contribution is 5.80. The Balaban J connectivity index is 1.86. The number of nitrogens with one attached hydrogen (secondary N) is 1. The highest BCUT2D eigenvalue weighted by atomic mass is 16.1. The summed E-state index contributed by atoms with van der Waals surface area (Å²) in [5, 5.41) is 3.35. The van der Waals surface area contributed by atoms with Gasteiger partial charge in [0, 0.05) is 31.4 Å². The van der Waals surface area contributed by atoms with Crippen molar-refractivity contribution in [3.8, 4) is 0 Å². The average molecular weight is 221 g/mol. The monoisotopic (exact) mass is 221 g/mol. The number of nitrogens with zero attached hydrogens (tertiary/aromatic N) is 2. The van der Waals surface area contributed by atoms with Crippen LogP contribution < -0.4 is 5.32 Å². The number of rotatable bonds is 5. The van der Waals surface area contributed by atoms with Crippen molar-refractivity contribution in [3.05, 3.63) is 18.2 Å². The summed E-state index contributed by atoms with van der Waals surface area (Å²) in [6, 6.07) is 0.400. The van der Waals surface area contributed by atoms with Gasteiger partial charge in [-0.05, 0) is 26.3 Å². The van der Waals surface area contributed by atoms with Crippen LogP contribution in [-0.4, -0.2) is 27.9 Å². The second kappa shape index (κ2) is 5.25. The number of Topliss-reactive ketones (excluding diaryl/α,β-unsaturated/α-hetero) is 1. The number of hydrogen-bond donors (Lipinski definition) is 1. The molecule has 1 fully saturated rings. The quantitative estimate of drug-likeness (QED) is 0.811. The van der Waals surface area contributed by atoms with Gasteiger partial charge in [-0.25, -0.2) is 4.98 Å². The van der Waals surface area contributed by atoms with Gasteiger partial charge in [0.05, 0.1) is 6.42 Å². The second-order valence-electron chi connectivity index (χ2n) is 4.34. The van der Waals surface area contributed by atoms with Crippen molar-refractivity contribution < 1.29 is 4.79 Å². The lowest BCUT2D eigenvalue weighted by Gasteiger charge is -2.09. The van der Waals surface area contributed by atoms with E-state index >= 15 is 0 Å². The Kier molecular flexibility index (Phi) is 3.72. The van der Waals surface area contributed by atoms with Crippen LogP contribution in [-0.2, 0) is 17.8 Å². The van der Waals surface area contributed by atoms with Gasteiger partial charge in [-0.15, -0.1) is 0 Å². The lowest BCUT2D eigenvalue weighted by atomic mass is 10.1. The van der Waals surface area contributed by atoms with Gasteiger partial charge < -0.3 is 9.88 Å². The van der Waals surface area contributed by atoms with E-state index in [4.69, 9.17) is 0 Å². The fraction of sp³-hybridized carbons (Fsp3) is 0.667. The van der Waals surface area contributed by atoms with Crippen LogP contribution in [0, 0.1) is 0 Å². The molecule has 0 spiro atoms. The Labute approximate surface area is 96.1 Å². The zero-order valence-electron chi connectivity index (χ0n) is 9.78. The summed E-state index contributed by atoms with van der Waals surface area (Å²) in [6.45, 7) is 4.00. The number of ketones is 1. The molecule has 0 aromatic carbocycles. The molecule has 88 valence electrons. The SMILES string of the molecule is CCn1ccnc1CC(=O)CC1CCCN1. The maximum Gasteiger partial charge on any atom is 0.141 e. The minimum absolute atomic E-state index is 0.292. The average Bonchev–Trinajstić information content (AvgIpc) is 2.88. The molecule has 0 saturated carbocycles. The smallest absolute Gasteiger partial charge is 0.141 e. The van der Waals surface area contributed by atoms with Crippen molar-refractivity contribution in [1.82, 2.24) is 14.9 Å². The van der Waals surface area contributed by atoms with E-state index in [2.05, 4.69) is 17.2 Å². The maximum atomic E-state index is 11.8. The van der Waals surface area contributed by atoms with E-state index in [1.54, 1.807) is 6.20 Å². The molecule has 1 N–H and O–H groups in total. The lowest BCUT2D eigenvalue weighted by Crippen LogP contribution is -2.25. The fourth-order valence-corrected chi connectivity index (χ4v) is 2.25. The summed E-state index contributed by atoms with van der Waals surface area (Å²) in [5.74, 6) is 1.19. The zero-order valence-corrected chi connectivity index (χ0v) is 9.78. The van der Waals surface area contributed by atoms with Crippen molar-refractivity contribution in [2.45, 2.75) is 45.2 Å². The van der Waals surface area contributed by atoms with Crippen molar-refractivity contribution in [2.24, 2.45) is 0 Å². The number of carbonyl (C=O) groups is 1. The molecular formula is C12H19N3O. The Morgan fingerprint density at radius 2 is 2.56 bits per heavy atom. The molecule has 2 rings (SSSR count). The fourth-order valence-electron chi connectivity index (χ4n) is 2.25. The van der Waals surface area contributed by atoms with Crippen molar-refractivity contribution in [2.75, 3.05) is 6.54 Å². The molecule has 16 heavy (non-hydrogen) atoms. The normalized spacial score (nSPS) is 20.2.